The van der Waals surface area contributed by atoms with E-state index in [1.807, 2.05) is 30.3 Å². The Labute approximate surface area is 144 Å². The summed E-state index contributed by atoms with van der Waals surface area (Å²) in [6.45, 7) is 1.14. The Balaban J connectivity index is 1.70. The molecule has 0 fully saturated rings. The lowest BCUT2D eigenvalue weighted by Gasteiger charge is -2.19. The molecule has 2 aromatic rings. The number of amides is 1. The second kappa shape index (κ2) is 5.73. The second-order valence-corrected chi connectivity index (χ2v) is 6.10. The van der Waals surface area contributed by atoms with E-state index in [1.165, 1.54) is 11.8 Å². The largest absolute Gasteiger partial charge is 0.444 e. The van der Waals surface area contributed by atoms with Gasteiger partial charge in [0.05, 0.1) is 11.6 Å². The van der Waals surface area contributed by atoms with E-state index in [1.54, 1.807) is 18.2 Å². The highest BCUT2D eigenvalue weighted by molar-refractivity contribution is 6.16. The van der Waals surface area contributed by atoms with Crippen molar-refractivity contribution in [2.75, 3.05) is 16.9 Å². The van der Waals surface area contributed by atoms with Crippen LogP contribution in [0.2, 0.25) is 0 Å². The summed E-state index contributed by atoms with van der Waals surface area (Å²) >= 11 is 0. The number of benzene rings is 2. The SMILES string of the molecule is CC(=O)OCN1C(=O)C(C2Nc3ccccc3C2=O)c2ccccc21. The molecule has 0 saturated heterocycles. The smallest absolute Gasteiger partial charge is 0.304 e. The molecule has 0 aliphatic carbocycles. The van der Waals surface area contributed by atoms with Crippen molar-refractivity contribution >= 4 is 29.0 Å². The normalized spacial score (nSPS) is 20.9. The van der Waals surface area contributed by atoms with E-state index in [9.17, 15) is 14.4 Å². The summed E-state index contributed by atoms with van der Waals surface area (Å²) in [7, 11) is 0. The molecule has 0 spiro atoms. The summed E-state index contributed by atoms with van der Waals surface area (Å²) in [4.78, 5) is 38.3. The molecule has 2 atom stereocenters. The number of nitrogens with one attached hydrogen (secondary N) is 1. The number of carbonyl (C=O) groups is 3. The van der Waals surface area contributed by atoms with E-state index in [0.29, 0.717) is 11.3 Å². The van der Waals surface area contributed by atoms with Gasteiger partial charge in [-0.25, -0.2) is 0 Å². The number of para-hydroxylation sites is 2. The van der Waals surface area contributed by atoms with Crippen molar-refractivity contribution in [2.45, 2.75) is 18.9 Å². The molecule has 6 nitrogen and oxygen atoms in total. The molecular formula is C19H16N2O4. The van der Waals surface area contributed by atoms with Crippen LogP contribution in [0.1, 0.15) is 28.8 Å². The van der Waals surface area contributed by atoms with Crippen LogP contribution in [0.25, 0.3) is 0 Å². The molecule has 2 aromatic carbocycles. The number of hydrogen-bond donors (Lipinski definition) is 1. The van der Waals surface area contributed by atoms with Crippen molar-refractivity contribution in [2.24, 2.45) is 0 Å². The minimum Gasteiger partial charge on any atom is -0.444 e. The van der Waals surface area contributed by atoms with Crippen LogP contribution in [0.5, 0.6) is 0 Å². The van der Waals surface area contributed by atoms with Crippen molar-refractivity contribution in [3.63, 3.8) is 0 Å². The van der Waals surface area contributed by atoms with Crippen molar-refractivity contribution in [1.82, 2.24) is 0 Å². The number of hydrogen-bond acceptors (Lipinski definition) is 5. The predicted octanol–water partition coefficient (Wildman–Crippen LogP) is 2.31. The van der Waals surface area contributed by atoms with E-state index in [4.69, 9.17) is 4.74 Å². The predicted molar refractivity (Wildman–Crippen MR) is 91.5 cm³/mol. The Kier molecular flexibility index (Phi) is 3.53. The van der Waals surface area contributed by atoms with E-state index in [-0.39, 0.29) is 18.4 Å². The van der Waals surface area contributed by atoms with Crippen molar-refractivity contribution < 1.29 is 19.1 Å². The zero-order chi connectivity index (χ0) is 17.6. The lowest BCUT2D eigenvalue weighted by Crippen LogP contribution is -2.39. The Hall–Kier alpha value is -3.15. The van der Waals surface area contributed by atoms with Crippen LogP contribution >= 0.6 is 0 Å². The van der Waals surface area contributed by atoms with Gasteiger partial charge in [-0.15, -0.1) is 0 Å². The highest BCUT2D eigenvalue weighted by atomic mass is 16.5. The summed E-state index contributed by atoms with van der Waals surface area (Å²) in [5, 5.41) is 3.18. The molecule has 0 aromatic heterocycles. The molecule has 4 rings (SSSR count). The van der Waals surface area contributed by atoms with Crippen molar-refractivity contribution in [1.29, 1.82) is 0 Å². The van der Waals surface area contributed by atoms with E-state index in [0.717, 1.165) is 11.3 Å². The first kappa shape index (κ1) is 15.4. The van der Waals surface area contributed by atoms with Gasteiger partial charge in [-0.2, -0.15) is 0 Å². The average molecular weight is 336 g/mol. The number of anilines is 2. The van der Waals surface area contributed by atoms with Gasteiger partial charge in [0.15, 0.2) is 12.5 Å². The summed E-state index contributed by atoms with van der Waals surface area (Å²) in [5.41, 5.74) is 2.76. The first-order valence-electron chi connectivity index (χ1n) is 8.01. The van der Waals surface area contributed by atoms with Gasteiger partial charge in [0.2, 0.25) is 5.91 Å². The quantitative estimate of drug-likeness (QED) is 0.871. The van der Waals surface area contributed by atoms with Crippen LogP contribution < -0.4 is 10.2 Å². The van der Waals surface area contributed by atoms with Crippen molar-refractivity contribution in [3.05, 3.63) is 59.7 Å². The van der Waals surface area contributed by atoms with Gasteiger partial charge in [-0.05, 0) is 23.8 Å². The van der Waals surface area contributed by atoms with E-state index in [2.05, 4.69) is 5.32 Å². The maximum Gasteiger partial charge on any atom is 0.304 e. The number of Topliss-reactive ketones (excluding diaryl/α,β-unsaturated/α-hetero) is 1. The van der Waals surface area contributed by atoms with Crippen LogP contribution in [-0.4, -0.2) is 30.4 Å². The summed E-state index contributed by atoms with van der Waals surface area (Å²) in [5.74, 6) is -1.46. The molecule has 2 heterocycles. The topological polar surface area (TPSA) is 75.7 Å². The third-order valence-electron chi connectivity index (χ3n) is 4.61. The number of esters is 1. The fraction of sp³-hybridized carbons (Fsp3) is 0.211. The zero-order valence-electron chi connectivity index (χ0n) is 13.6. The van der Waals surface area contributed by atoms with Crippen LogP contribution in [-0.2, 0) is 14.3 Å². The minimum absolute atomic E-state index is 0.0990. The fourth-order valence-corrected chi connectivity index (χ4v) is 3.49. The Morgan fingerprint density at radius 2 is 1.84 bits per heavy atom. The van der Waals surface area contributed by atoms with Gasteiger partial charge in [0, 0.05) is 18.2 Å². The Bertz CT molecular complexity index is 892. The highest BCUT2D eigenvalue weighted by Gasteiger charge is 2.47. The molecule has 2 unspecified atom stereocenters. The lowest BCUT2D eigenvalue weighted by molar-refractivity contribution is -0.141. The molecule has 25 heavy (non-hydrogen) atoms. The number of carbonyl (C=O) groups excluding carboxylic acids is 3. The third kappa shape index (κ3) is 2.38. The van der Waals surface area contributed by atoms with Crippen molar-refractivity contribution in [3.8, 4) is 0 Å². The van der Waals surface area contributed by atoms with Crippen LogP contribution in [0, 0.1) is 0 Å². The monoisotopic (exact) mass is 336 g/mol. The van der Waals surface area contributed by atoms with Crippen LogP contribution in [0.15, 0.2) is 48.5 Å². The van der Waals surface area contributed by atoms with Crippen LogP contribution in [0.3, 0.4) is 0 Å². The Morgan fingerprint density at radius 1 is 1.12 bits per heavy atom. The summed E-state index contributed by atoms with van der Waals surface area (Å²) in [6.07, 6.45) is 0. The van der Waals surface area contributed by atoms with E-state index >= 15 is 0 Å². The summed E-state index contributed by atoms with van der Waals surface area (Å²) in [6, 6.07) is 13.9. The molecule has 1 amide bonds. The van der Waals surface area contributed by atoms with E-state index < -0.39 is 17.9 Å². The number of ether oxygens (including phenoxy) is 1. The molecule has 0 radical (unpaired) electrons. The summed E-state index contributed by atoms with van der Waals surface area (Å²) < 4.78 is 5.01. The average Bonchev–Trinajstić information content (AvgIpc) is 3.07. The van der Waals surface area contributed by atoms with Gasteiger partial charge in [0.25, 0.3) is 0 Å². The van der Waals surface area contributed by atoms with Gasteiger partial charge >= 0.3 is 5.97 Å². The van der Waals surface area contributed by atoms with Crippen LogP contribution in [0.4, 0.5) is 11.4 Å². The van der Waals surface area contributed by atoms with Gasteiger partial charge in [-0.3, -0.25) is 19.3 Å². The van der Waals surface area contributed by atoms with Gasteiger partial charge < -0.3 is 10.1 Å². The first-order valence-corrected chi connectivity index (χ1v) is 8.01. The molecule has 0 bridgehead atoms. The van der Waals surface area contributed by atoms with Gasteiger partial charge in [0.1, 0.15) is 6.04 Å². The number of fused-ring (bicyclic) bond motifs is 2. The first-order chi connectivity index (χ1) is 12.1. The lowest BCUT2D eigenvalue weighted by atomic mass is 9.90. The molecule has 2 aliphatic rings. The second-order valence-electron chi connectivity index (χ2n) is 6.10. The molecular weight excluding hydrogens is 320 g/mol. The maximum absolute atomic E-state index is 13.0. The Morgan fingerprint density at radius 3 is 2.60 bits per heavy atom. The molecule has 0 saturated carbocycles. The van der Waals surface area contributed by atoms with Gasteiger partial charge in [-0.1, -0.05) is 30.3 Å². The highest BCUT2D eigenvalue weighted by Crippen LogP contribution is 2.42. The number of ketones is 1. The maximum atomic E-state index is 13.0. The molecule has 1 N–H and O–H groups in total. The fourth-order valence-electron chi connectivity index (χ4n) is 3.49. The molecule has 2 aliphatic heterocycles. The molecule has 126 valence electrons. The molecule has 6 heteroatoms. The minimum atomic E-state index is -0.659. The number of nitrogens with zero attached hydrogens (tertiary/aromatic N) is 1. The standard InChI is InChI=1S/C19H16N2O4/c1-11(22)25-10-21-15-9-5-3-7-13(15)16(19(21)24)17-18(23)12-6-2-4-8-14(12)20-17/h2-9,16-17,20H,10H2,1H3. The number of rotatable bonds is 3. The zero-order valence-corrected chi connectivity index (χ0v) is 13.6. The third-order valence-corrected chi connectivity index (χ3v) is 4.61.